The molecule has 2 fully saturated rings. The Morgan fingerprint density at radius 2 is 1.75 bits per heavy atom. The molecule has 2 saturated heterocycles. The summed E-state index contributed by atoms with van der Waals surface area (Å²) in [6.45, 7) is 3.97. The van der Waals surface area contributed by atoms with Gasteiger partial charge in [0.15, 0.2) is 5.78 Å². The van der Waals surface area contributed by atoms with Gasteiger partial charge in [-0.05, 0) is 25.5 Å². The molecule has 3 aromatic carbocycles. The van der Waals surface area contributed by atoms with Crippen LogP contribution in [0.3, 0.4) is 0 Å². The Labute approximate surface area is 213 Å². The number of Topliss-reactive ketones (excluding diaryl/α,β-unsaturated/α-hetero) is 1. The predicted octanol–water partition coefficient (Wildman–Crippen LogP) is 5.03. The lowest BCUT2D eigenvalue weighted by atomic mass is 9.69. The van der Waals surface area contributed by atoms with E-state index in [0.29, 0.717) is 11.4 Å². The van der Waals surface area contributed by atoms with E-state index in [0.717, 1.165) is 33.7 Å². The van der Waals surface area contributed by atoms with Gasteiger partial charge in [-0.2, -0.15) is 0 Å². The standard InChI is InChI=1S/C28H25N3O4S/c1-16-3-6-19(7-4-16)26(32)25-24(18-8-10-20(11-9-18)31(34)35)23-14-36-15-30(23)28(25)21-13-17(2)5-12-22(21)29-27(28)33/h3-13,23-25H,14-15H2,1-2H3,(H,29,33)/t23-,24-,25-,28+/m0/s1. The maximum absolute atomic E-state index is 14.4. The third-order valence-corrected chi connectivity index (χ3v) is 8.92. The average molecular weight is 500 g/mol. The van der Waals surface area contributed by atoms with Crippen LogP contribution in [0.1, 0.15) is 38.5 Å². The minimum absolute atomic E-state index is 0.00473. The predicted molar refractivity (Wildman–Crippen MR) is 139 cm³/mol. The Morgan fingerprint density at radius 3 is 2.44 bits per heavy atom. The third kappa shape index (κ3) is 3.17. The van der Waals surface area contributed by atoms with Gasteiger partial charge in [0.25, 0.3) is 5.69 Å². The number of anilines is 1. The second-order valence-electron chi connectivity index (χ2n) is 9.89. The van der Waals surface area contributed by atoms with Gasteiger partial charge in [-0.3, -0.25) is 24.6 Å². The van der Waals surface area contributed by atoms with Crippen LogP contribution in [0.2, 0.25) is 0 Å². The molecule has 4 atom stereocenters. The molecule has 7 nitrogen and oxygen atoms in total. The van der Waals surface area contributed by atoms with Gasteiger partial charge in [-0.25, -0.2) is 0 Å². The molecule has 3 aromatic rings. The summed E-state index contributed by atoms with van der Waals surface area (Å²) in [7, 11) is 0. The molecule has 36 heavy (non-hydrogen) atoms. The monoisotopic (exact) mass is 499 g/mol. The molecule has 182 valence electrons. The van der Waals surface area contributed by atoms with Crippen molar-refractivity contribution < 1.29 is 14.5 Å². The van der Waals surface area contributed by atoms with Gasteiger partial charge < -0.3 is 5.32 Å². The van der Waals surface area contributed by atoms with Gasteiger partial charge >= 0.3 is 0 Å². The number of carbonyl (C=O) groups is 2. The van der Waals surface area contributed by atoms with Gasteiger partial charge in [-0.1, -0.05) is 59.7 Å². The van der Waals surface area contributed by atoms with Crippen molar-refractivity contribution in [3.8, 4) is 0 Å². The second kappa shape index (κ2) is 8.28. The Hall–Kier alpha value is -3.49. The van der Waals surface area contributed by atoms with Crippen molar-refractivity contribution in [2.75, 3.05) is 16.9 Å². The smallest absolute Gasteiger partial charge is 0.269 e. The number of carbonyl (C=O) groups excluding carboxylic acids is 2. The van der Waals surface area contributed by atoms with E-state index in [-0.39, 0.29) is 29.3 Å². The van der Waals surface area contributed by atoms with Crippen molar-refractivity contribution in [1.29, 1.82) is 0 Å². The van der Waals surface area contributed by atoms with Crippen LogP contribution in [0, 0.1) is 29.9 Å². The van der Waals surface area contributed by atoms with Crippen molar-refractivity contribution in [3.05, 3.63) is 105 Å². The van der Waals surface area contributed by atoms with Crippen LogP contribution < -0.4 is 5.32 Å². The number of nitro groups is 1. The number of benzene rings is 3. The molecular weight excluding hydrogens is 474 g/mol. The highest BCUT2D eigenvalue weighted by Crippen LogP contribution is 2.61. The van der Waals surface area contributed by atoms with E-state index in [1.54, 1.807) is 23.9 Å². The zero-order chi connectivity index (χ0) is 25.2. The highest BCUT2D eigenvalue weighted by atomic mass is 32.2. The molecule has 6 rings (SSSR count). The highest BCUT2D eigenvalue weighted by Gasteiger charge is 2.69. The molecule has 3 heterocycles. The lowest BCUT2D eigenvalue weighted by Crippen LogP contribution is -2.52. The number of thioether (sulfide) groups is 1. The molecule has 0 aliphatic carbocycles. The quantitative estimate of drug-likeness (QED) is 0.308. The summed E-state index contributed by atoms with van der Waals surface area (Å²) >= 11 is 1.75. The topological polar surface area (TPSA) is 92.5 Å². The first-order valence-electron chi connectivity index (χ1n) is 11.9. The number of rotatable bonds is 4. The molecule has 1 N–H and O–H groups in total. The normalized spacial score (nSPS) is 26.6. The van der Waals surface area contributed by atoms with E-state index in [2.05, 4.69) is 10.2 Å². The van der Waals surface area contributed by atoms with Crippen molar-refractivity contribution in [1.82, 2.24) is 4.90 Å². The van der Waals surface area contributed by atoms with Gasteiger partial charge in [0.1, 0.15) is 5.54 Å². The van der Waals surface area contributed by atoms with Crippen LogP contribution in [-0.4, -0.2) is 39.2 Å². The average Bonchev–Trinajstić information content (AvgIpc) is 3.52. The molecule has 1 amide bonds. The van der Waals surface area contributed by atoms with Gasteiger partial charge in [-0.15, -0.1) is 11.8 Å². The summed E-state index contributed by atoms with van der Waals surface area (Å²) in [6.07, 6.45) is 0. The summed E-state index contributed by atoms with van der Waals surface area (Å²) in [6, 6.07) is 19.8. The fourth-order valence-corrected chi connectivity index (χ4v) is 7.60. The van der Waals surface area contributed by atoms with E-state index in [1.807, 2.05) is 56.3 Å². The first-order chi connectivity index (χ1) is 17.3. The van der Waals surface area contributed by atoms with Crippen LogP contribution >= 0.6 is 11.8 Å². The number of non-ortho nitro benzene ring substituents is 1. The molecule has 8 heteroatoms. The number of nitrogens with zero attached hydrogens (tertiary/aromatic N) is 2. The fraction of sp³-hybridized carbons (Fsp3) is 0.286. The second-order valence-corrected chi connectivity index (χ2v) is 10.9. The SMILES string of the molecule is Cc1ccc(C(=O)[C@@H]2[C@@H](c3ccc([N+](=O)[O-])cc3)[C@@H]3CSCN3[C@@]23C(=O)Nc2ccc(C)cc23)cc1. The number of hydrogen-bond donors (Lipinski definition) is 1. The Bertz CT molecular complexity index is 1410. The molecule has 3 aliphatic heterocycles. The van der Waals surface area contributed by atoms with E-state index in [9.17, 15) is 19.7 Å². The number of nitrogens with one attached hydrogen (secondary N) is 1. The number of hydrogen-bond acceptors (Lipinski definition) is 6. The minimum atomic E-state index is -1.15. The van der Waals surface area contributed by atoms with Crippen molar-refractivity contribution >= 4 is 34.8 Å². The van der Waals surface area contributed by atoms with Crippen LogP contribution in [0.4, 0.5) is 11.4 Å². The van der Waals surface area contributed by atoms with Crippen LogP contribution in [0.25, 0.3) is 0 Å². The van der Waals surface area contributed by atoms with Crippen molar-refractivity contribution in [2.24, 2.45) is 5.92 Å². The molecule has 0 radical (unpaired) electrons. The highest BCUT2D eigenvalue weighted by molar-refractivity contribution is 7.99. The molecule has 0 saturated carbocycles. The zero-order valence-electron chi connectivity index (χ0n) is 19.9. The molecular formula is C28H25N3O4S. The third-order valence-electron chi connectivity index (χ3n) is 7.88. The van der Waals surface area contributed by atoms with Crippen molar-refractivity contribution in [3.63, 3.8) is 0 Å². The number of amides is 1. The number of aryl methyl sites for hydroxylation is 2. The summed E-state index contributed by atoms with van der Waals surface area (Å²) in [4.78, 5) is 41.5. The lowest BCUT2D eigenvalue weighted by molar-refractivity contribution is -0.384. The molecule has 3 aliphatic rings. The number of ketones is 1. The molecule has 0 unspecified atom stereocenters. The molecule has 0 bridgehead atoms. The van der Waals surface area contributed by atoms with E-state index in [1.165, 1.54) is 12.1 Å². The fourth-order valence-electron chi connectivity index (χ4n) is 6.28. The zero-order valence-corrected chi connectivity index (χ0v) is 20.7. The van der Waals surface area contributed by atoms with E-state index in [4.69, 9.17) is 0 Å². The van der Waals surface area contributed by atoms with E-state index >= 15 is 0 Å². The first kappa shape index (κ1) is 22.9. The summed E-state index contributed by atoms with van der Waals surface area (Å²) < 4.78 is 0. The Kier molecular flexibility index (Phi) is 5.28. The number of fused-ring (bicyclic) bond motifs is 4. The maximum atomic E-state index is 14.4. The summed E-state index contributed by atoms with van der Waals surface area (Å²) in [5.74, 6) is 0.164. The van der Waals surface area contributed by atoms with Gasteiger partial charge in [0.05, 0.1) is 10.8 Å². The van der Waals surface area contributed by atoms with Crippen LogP contribution in [0.5, 0.6) is 0 Å². The Balaban J connectivity index is 1.59. The molecule has 1 spiro atoms. The minimum Gasteiger partial charge on any atom is -0.324 e. The van der Waals surface area contributed by atoms with Crippen LogP contribution in [-0.2, 0) is 10.3 Å². The van der Waals surface area contributed by atoms with Gasteiger partial charge in [0.2, 0.25) is 5.91 Å². The lowest BCUT2D eigenvalue weighted by Gasteiger charge is -2.36. The summed E-state index contributed by atoms with van der Waals surface area (Å²) in [5.41, 5.74) is 3.93. The van der Waals surface area contributed by atoms with E-state index < -0.39 is 16.4 Å². The Morgan fingerprint density at radius 1 is 1.06 bits per heavy atom. The van der Waals surface area contributed by atoms with Gasteiger partial charge in [0, 0.05) is 52.5 Å². The van der Waals surface area contributed by atoms with Crippen molar-refractivity contribution in [2.45, 2.75) is 31.3 Å². The summed E-state index contributed by atoms with van der Waals surface area (Å²) in [5, 5.41) is 14.4. The van der Waals surface area contributed by atoms with Crippen LogP contribution in [0.15, 0.2) is 66.7 Å². The largest absolute Gasteiger partial charge is 0.324 e. The first-order valence-corrected chi connectivity index (χ1v) is 13.1. The molecule has 0 aromatic heterocycles. The number of nitro benzene ring substituents is 1. The maximum Gasteiger partial charge on any atom is 0.269 e.